The Morgan fingerprint density at radius 2 is 2.18 bits per heavy atom. The summed E-state index contributed by atoms with van der Waals surface area (Å²) in [6.07, 6.45) is 0.792. The van der Waals surface area contributed by atoms with Gasteiger partial charge in [0.25, 0.3) is 11.8 Å². The molecule has 0 spiro atoms. The van der Waals surface area contributed by atoms with Crippen LogP contribution >= 0.6 is 0 Å². The lowest BCUT2D eigenvalue weighted by Crippen LogP contribution is -2.29. The lowest BCUT2D eigenvalue weighted by Gasteiger charge is -2.14. The SMILES string of the molecule is COCCOCc1nc(C2CCN(C(=O)c3nn(C)c4ccccc34)C2)no1. The molecule has 0 N–H and O–H groups in total. The van der Waals surface area contributed by atoms with Gasteiger partial charge in [-0.05, 0) is 12.5 Å². The number of carbonyl (C=O) groups excluding carboxylic acids is 1. The van der Waals surface area contributed by atoms with Gasteiger partial charge in [-0.25, -0.2) is 0 Å². The number of amides is 1. The predicted octanol–water partition coefficient (Wildman–Crippen LogP) is 1.75. The molecule has 2 aromatic heterocycles. The minimum atomic E-state index is -0.0640. The minimum absolute atomic E-state index is 0.0513. The molecule has 4 rings (SSSR count). The number of carbonyl (C=O) groups is 1. The molecule has 1 amide bonds. The molecule has 0 radical (unpaired) electrons. The smallest absolute Gasteiger partial charge is 0.275 e. The summed E-state index contributed by atoms with van der Waals surface area (Å²) in [5.74, 6) is 1.04. The number of nitrogens with zero attached hydrogens (tertiary/aromatic N) is 5. The van der Waals surface area contributed by atoms with Crippen molar-refractivity contribution in [3.8, 4) is 0 Å². The van der Waals surface area contributed by atoms with Crippen LogP contribution in [0.25, 0.3) is 10.9 Å². The maximum Gasteiger partial charge on any atom is 0.275 e. The molecule has 0 bridgehead atoms. The first-order valence-electron chi connectivity index (χ1n) is 9.27. The van der Waals surface area contributed by atoms with Gasteiger partial charge in [-0.15, -0.1) is 0 Å². The van der Waals surface area contributed by atoms with Gasteiger partial charge >= 0.3 is 0 Å². The zero-order valence-electron chi connectivity index (χ0n) is 16.0. The van der Waals surface area contributed by atoms with Crippen molar-refractivity contribution in [2.24, 2.45) is 7.05 Å². The minimum Gasteiger partial charge on any atom is -0.382 e. The topological polar surface area (TPSA) is 95.5 Å². The standard InChI is InChI=1S/C19H23N5O4/c1-23-15-6-4-3-5-14(15)17(21-23)19(25)24-8-7-13(11-24)18-20-16(28-22-18)12-27-10-9-26-2/h3-6,13H,7-12H2,1-2H3. The van der Waals surface area contributed by atoms with E-state index in [1.807, 2.05) is 36.2 Å². The van der Waals surface area contributed by atoms with Crippen LogP contribution in [-0.2, 0) is 23.1 Å². The van der Waals surface area contributed by atoms with Gasteiger partial charge in [0.15, 0.2) is 11.5 Å². The molecule has 1 saturated heterocycles. The second-order valence-corrected chi connectivity index (χ2v) is 6.82. The van der Waals surface area contributed by atoms with Crippen molar-refractivity contribution in [1.82, 2.24) is 24.8 Å². The van der Waals surface area contributed by atoms with E-state index >= 15 is 0 Å². The summed E-state index contributed by atoms with van der Waals surface area (Å²) in [6.45, 7) is 2.43. The number of aryl methyl sites for hydroxylation is 1. The Labute approximate surface area is 162 Å². The van der Waals surface area contributed by atoms with Crippen LogP contribution in [0, 0.1) is 0 Å². The first-order chi connectivity index (χ1) is 13.7. The molecule has 0 saturated carbocycles. The number of para-hydroxylation sites is 1. The third-order valence-corrected chi connectivity index (χ3v) is 4.94. The number of benzene rings is 1. The van der Waals surface area contributed by atoms with Gasteiger partial charge in [0.1, 0.15) is 6.61 Å². The molecular formula is C19H23N5O4. The van der Waals surface area contributed by atoms with Gasteiger partial charge < -0.3 is 18.9 Å². The Morgan fingerprint density at radius 3 is 3.04 bits per heavy atom. The van der Waals surface area contributed by atoms with Crippen molar-refractivity contribution in [3.63, 3.8) is 0 Å². The molecule has 1 aliphatic rings. The highest BCUT2D eigenvalue weighted by Gasteiger charge is 2.32. The molecule has 148 valence electrons. The number of fused-ring (bicyclic) bond motifs is 1. The number of methoxy groups -OCH3 is 1. The normalized spacial score (nSPS) is 16.9. The Bertz CT molecular complexity index is 966. The molecule has 1 unspecified atom stereocenters. The average molecular weight is 385 g/mol. The van der Waals surface area contributed by atoms with Gasteiger partial charge in [0, 0.05) is 38.6 Å². The Kier molecular flexibility index (Phi) is 5.36. The summed E-state index contributed by atoms with van der Waals surface area (Å²) in [5, 5.41) is 9.37. The fourth-order valence-corrected chi connectivity index (χ4v) is 3.47. The Morgan fingerprint density at radius 1 is 1.32 bits per heavy atom. The van der Waals surface area contributed by atoms with E-state index in [2.05, 4.69) is 15.2 Å². The van der Waals surface area contributed by atoms with E-state index in [-0.39, 0.29) is 18.4 Å². The molecule has 1 fully saturated rings. The number of aromatic nitrogens is 4. The molecule has 1 aliphatic heterocycles. The van der Waals surface area contributed by atoms with Crippen molar-refractivity contribution in [1.29, 1.82) is 0 Å². The van der Waals surface area contributed by atoms with Crippen molar-refractivity contribution in [2.45, 2.75) is 18.9 Å². The van der Waals surface area contributed by atoms with E-state index in [1.165, 1.54) is 0 Å². The van der Waals surface area contributed by atoms with Crippen LogP contribution < -0.4 is 0 Å². The lowest BCUT2D eigenvalue weighted by molar-refractivity contribution is 0.0494. The molecule has 0 aliphatic carbocycles. The third kappa shape index (κ3) is 3.63. The predicted molar refractivity (Wildman–Crippen MR) is 99.8 cm³/mol. The fourth-order valence-electron chi connectivity index (χ4n) is 3.47. The molecule has 3 aromatic rings. The quantitative estimate of drug-likeness (QED) is 0.572. The maximum atomic E-state index is 13.0. The second-order valence-electron chi connectivity index (χ2n) is 6.82. The third-order valence-electron chi connectivity index (χ3n) is 4.94. The monoisotopic (exact) mass is 385 g/mol. The van der Waals surface area contributed by atoms with Crippen molar-refractivity contribution in [3.05, 3.63) is 41.7 Å². The highest BCUT2D eigenvalue weighted by atomic mass is 16.5. The van der Waals surface area contributed by atoms with Crippen molar-refractivity contribution >= 4 is 16.8 Å². The molecule has 3 heterocycles. The summed E-state index contributed by atoms with van der Waals surface area (Å²) in [7, 11) is 3.47. The maximum absolute atomic E-state index is 13.0. The van der Waals surface area contributed by atoms with Gasteiger partial charge in [0.2, 0.25) is 0 Å². The first-order valence-corrected chi connectivity index (χ1v) is 9.27. The van der Waals surface area contributed by atoms with E-state index in [1.54, 1.807) is 11.8 Å². The molecular weight excluding hydrogens is 362 g/mol. The average Bonchev–Trinajstić information content (AvgIpc) is 3.44. The summed E-state index contributed by atoms with van der Waals surface area (Å²) < 4.78 is 17.3. The summed E-state index contributed by atoms with van der Waals surface area (Å²) in [4.78, 5) is 19.2. The van der Waals surface area contributed by atoms with E-state index in [0.717, 1.165) is 17.3 Å². The zero-order valence-corrected chi connectivity index (χ0v) is 16.0. The lowest BCUT2D eigenvalue weighted by atomic mass is 10.1. The number of hydrogen-bond acceptors (Lipinski definition) is 7. The van der Waals surface area contributed by atoms with E-state index in [0.29, 0.717) is 43.7 Å². The summed E-state index contributed by atoms with van der Waals surface area (Å²) >= 11 is 0. The highest BCUT2D eigenvalue weighted by Crippen LogP contribution is 2.28. The van der Waals surface area contributed by atoms with Crippen LogP contribution in [0.1, 0.15) is 34.5 Å². The first kappa shape index (κ1) is 18.6. The van der Waals surface area contributed by atoms with Crippen LogP contribution in [0.3, 0.4) is 0 Å². The number of rotatable bonds is 7. The van der Waals surface area contributed by atoms with E-state index < -0.39 is 0 Å². The molecule has 9 heteroatoms. The number of ether oxygens (including phenoxy) is 2. The van der Waals surface area contributed by atoms with E-state index in [4.69, 9.17) is 14.0 Å². The van der Waals surface area contributed by atoms with E-state index in [9.17, 15) is 4.79 Å². The summed E-state index contributed by atoms with van der Waals surface area (Å²) in [6, 6.07) is 7.75. The van der Waals surface area contributed by atoms with Gasteiger partial charge in [0.05, 0.1) is 18.7 Å². The molecule has 28 heavy (non-hydrogen) atoms. The molecule has 9 nitrogen and oxygen atoms in total. The fraction of sp³-hybridized carbons (Fsp3) is 0.474. The van der Waals surface area contributed by atoms with Crippen LogP contribution in [0.2, 0.25) is 0 Å². The largest absolute Gasteiger partial charge is 0.382 e. The van der Waals surface area contributed by atoms with Crippen molar-refractivity contribution < 1.29 is 18.8 Å². The second kappa shape index (κ2) is 8.07. The Balaban J connectivity index is 1.41. The summed E-state index contributed by atoms with van der Waals surface area (Å²) in [5.41, 5.74) is 1.43. The Hall–Kier alpha value is -2.78. The van der Waals surface area contributed by atoms with Crippen LogP contribution in [0.5, 0.6) is 0 Å². The number of likely N-dealkylation sites (tertiary alicyclic amines) is 1. The zero-order chi connectivity index (χ0) is 19.5. The van der Waals surface area contributed by atoms with Crippen LogP contribution in [0.15, 0.2) is 28.8 Å². The molecule has 1 atom stereocenters. The highest BCUT2D eigenvalue weighted by molar-refractivity contribution is 6.04. The van der Waals surface area contributed by atoms with Gasteiger partial charge in [-0.1, -0.05) is 23.4 Å². The van der Waals surface area contributed by atoms with Gasteiger partial charge in [-0.2, -0.15) is 10.1 Å². The van der Waals surface area contributed by atoms with Crippen molar-refractivity contribution in [2.75, 3.05) is 33.4 Å². The van der Waals surface area contributed by atoms with Crippen LogP contribution in [-0.4, -0.2) is 64.1 Å². The van der Waals surface area contributed by atoms with Crippen LogP contribution in [0.4, 0.5) is 0 Å². The molecule has 1 aromatic carbocycles. The van der Waals surface area contributed by atoms with Gasteiger partial charge in [-0.3, -0.25) is 9.48 Å². The number of hydrogen-bond donors (Lipinski definition) is 0.